The fourth-order valence-electron chi connectivity index (χ4n) is 3.97. The SMILES string of the molecule is Cc1ccccc1C(=O)NCC1(C)CCC(CC(=O)Nc2ccccc2)CC1. The van der Waals surface area contributed by atoms with Crippen molar-refractivity contribution >= 4 is 17.5 Å². The van der Waals surface area contributed by atoms with Gasteiger partial charge in [-0.3, -0.25) is 9.59 Å². The van der Waals surface area contributed by atoms with Crippen molar-refractivity contribution in [1.29, 1.82) is 0 Å². The maximum atomic E-state index is 12.5. The van der Waals surface area contributed by atoms with Gasteiger partial charge in [-0.15, -0.1) is 0 Å². The summed E-state index contributed by atoms with van der Waals surface area (Å²) in [5.41, 5.74) is 2.70. The molecule has 1 saturated carbocycles. The standard InChI is InChI=1S/C24H30N2O2/c1-18-8-6-7-11-21(18)23(28)25-17-24(2)14-12-19(13-15-24)16-22(27)26-20-9-4-3-5-10-20/h3-11,19H,12-17H2,1-2H3,(H,25,28)(H,26,27). The summed E-state index contributed by atoms with van der Waals surface area (Å²) < 4.78 is 0. The van der Waals surface area contributed by atoms with Crippen molar-refractivity contribution in [3.05, 3.63) is 65.7 Å². The number of anilines is 1. The van der Waals surface area contributed by atoms with Crippen LogP contribution in [0.2, 0.25) is 0 Å². The van der Waals surface area contributed by atoms with Gasteiger partial charge in [0.25, 0.3) is 5.91 Å². The first kappa shape index (κ1) is 20.1. The summed E-state index contributed by atoms with van der Waals surface area (Å²) in [5, 5.41) is 6.10. The van der Waals surface area contributed by atoms with Crippen molar-refractivity contribution in [3.8, 4) is 0 Å². The molecule has 0 atom stereocenters. The molecule has 4 heteroatoms. The van der Waals surface area contributed by atoms with Gasteiger partial charge in [0.1, 0.15) is 0 Å². The van der Waals surface area contributed by atoms with Crippen molar-refractivity contribution in [3.63, 3.8) is 0 Å². The minimum Gasteiger partial charge on any atom is -0.351 e. The van der Waals surface area contributed by atoms with E-state index >= 15 is 0 Å². The molecule has 28 heavy (non-hydrogen) atoms. The maximum absolute atomic E-state index is 12.5. The van der Waals surface area contributed by atoms with Crippen LogP contribution < -0.4 is 10.6 Å². The Labute approximate surface area is 167 Å². The van der Waals surface area contributed by atoms with Gasteiger partial charge in [-0.2, -0.15) is 0 Å². The minimum absolute atomic E-state index is 0.00341. The predicted molar refractivity (Wildman–Crippen MR) is 113 cm³/mol. The monoisotopic (exact) mass is 378 g/mol. The molecule has 0 aliphatic heterocycles. The van der Waals surface area contributed by atoms with Crippen LogP contribution in [0.15, 0.2) is 54.6 Å². The van der Waals surface area contributed by atoms with Crippen molar-refractivity contribution < 1.29 is 9.59 Å². The van der Waals surface area contributed by atoms with Crippen LogP contribution in [-0.4, -0.2) is 18.4 Å². The number of hydrogen-bond donors (Lipinski definition) is 2. The zero-order valence-corrected chi connectivity index (χ0v) is 16.8. The van der Waals surface area contributed by atoms with Gasteiger partial charge < -0.3 is 10.6 Å². The molecule has 2 aromatic rings. The molecule has 0 unspecified atom stereocenters. The Morgan fingerprint density at radius 1 is 1.00 bits per heavy atom. The van der Waals surface area contributed by atoms with E-state index in [1.54, 1.807) is 0 Å². The summed E-state index contributed by atoms with van der Waals surface area (Å²) in [6, 6.07) is 17.3. The number of carbonyl (C=O) groups is 2. The Bertz CT molecular complexity index is 808. The van der Waals surface area contributed by atoms with Gasteiger partial charge in [0.15, 0.2) is 0 Å². The summed E-state index contributed by atoms with van der Waals surface area (Å²) in [5.74, 6) is 0.514. The maximum Gasteiger partial charge on any atom is 0.251 e. The first-order valence-electron chi connectivity index (χ1n) is 10.1. The van der Waals surface area contributed by atoms with Crippen LogP contribution in [0.1, 0.15) is 54.9 Å². The molecule has 148 valence electrons. The second kappa shape index (κ2) is 9.05. The molecule has 2 N–H and O–H groups in total. The molecular formula is C24H30N2O2. The Balaban J connectivity index is 1.44. The second-order valence-electron chi connectivity index (χ2n) is 8.37. The molecule has 1 fully saturated rings. The molecule has 3 rings (SSSR count). The lowest BCUT2D eigenvalue weighted by molar-refractivity contribution is -0.117. The summed E-state index contributed by atoms with van der Waals surface area (Å²) in [7, 11) is 0. The Kier molecular flexibility index (Phi) is 6.50. The lowest BCUT2D eigenvalue weighted by Gasteiger charge is -2.37. The number of amides is 2. The van der Waals surface area contributed by atoms with Gasteiger partial charge in [0.2, 0.25) is 5.91 Å². The van der Waals surface area contributed by atoms with E-state index in [1.165, 1.54) is 0 Å². The molecule has 2 amide bonds. The molecule has 0 radical (unpaired) electrons. The molecule has 1 aliphatic carbocycles. The molecular weight excluding hydrogens is 348 g/mol. The zero-order valence-electron chi connectivity index (χ0n) is 16.8. The van der Waals surface area contributed by atoms with Crippen molar-refractivity contribution in [2.45, 2.75) is 46.0 Å². The molecule has 4 nitrogen and oxygen atoms in total. The van der Waals surface area contributed by atoms with E-state index in [0.29, 0.717) is 18.9 Å². The molecule has 0 bridgehead atoms. The van der Waals surface area contributed by atoms with Crippen LogP contribution >= 0.6 is 0 Å². The third kappa shape index (κ3) is 5.44. The van der Waals surface area contributed by atoms with E-state index in [9.17, 15) is 9.59 Å². The summed E-state index contributed by atoms with van der Waals surface area (Å²) in [6.07, 6.45) is 4.69. The highest BCUT2D eigenvalue weighted by Gasteiger charge is 2.32. The van der Waals surface area contributed by atoms with Gasteiger partial charge >= 0.3 is 0 Å². The van der Waals surface area contributed by atoms with Crippen LogP contribution in [0, 0.1) is 18.3 Å². The van der Waals surface area contributed by atoms with E-state index in [0.717, 1.165) is 42.5 Å². The average molecular weight is 379 g/mol. The highest BCUT2D eigenvalue weighted by Crippen LogP contribution is 2.39. The van der Waals surface area contributed by atoms with E-state index in [4.69, 9.17) is 0 Å². The Morgan fingerprint density at radius 2 is 1.64 bits per heavy atom. The number of aryl methyl sites for hydroxylation is 1. The van der Waals surface area contributed by atoms with Crippen molar-refractivity contribution in [2.75, 3.05) is 11.9 Å². The first-order chi connectivity index (χ1) is 13.5. The Hall–Kier alpha value is -2.62. The summed E-state index contributed by atoms with van der Waals surface area (Å²) >= 11 is 0. The van der Waals surface area contributed by atoms with Crippen molar-refractivity contribution in [1.82, 2.24) is 5.32 Å². The van der Waals surface area contributed by atoms with E-state index in [-0.39, 0.29) is 17.2 Å². The first-order valence-corrected chi connectivity index (χ1v) is 10.1. The number of nitrogens with one attached hydrogen (secondary N) is 2. The average Bonchev–Trinajstić information content (AvgIpc) is 2.69. The van der Waals surface area contributed by atoms with Gasteiger partial charge in [-0.1, -0.05) is 43.3 Å². The fourth-order valence-corrected chi connectivity index (χ4v) is 3.97. The van der Waals surface area contributed by atoms with Gasteiger partial charge in [-0.25, -0.2) is 0 Å². The number of hydrogen-bond acceptors (Lipinski definition) is 2. The smallest absolute Gasteiger partial charge is 0.251 e. The highest BCUT2D eigenvalue weighted by atomic mass is 16.2. The quantitative estimate of drug-likeness (QED) is 0.747. The van der Waals surface area contributed by atoms with Crippen LogP contribution in [0.5, 0.6) is 0 Å². The van der Waals surface area contributed by atoms with Crippen molar-refractivity contribution in [2.24, 2.45) is 11.3 Å². The lowest BCUT2D eigenvalue weighted by Crippen LogP contribution is -2.38. The zero-order chi connectivity index (χ0) is 20.0. The highest BCUT2D eigenvalue weighted by molar-refractivity contribution is 5.95. The van der Waals surface area contributed by atoms with Gasteiger partial charge in [0, 0.05) is 24.2 Å². The normalized spacial score (nSPS) is 21.7. The molecule has 0 saturated heterocycles. The molecule has 1 aliphatic rings. The fraction of sp³-hybridized carbons (Fsp3) is 0.417. The van der Waals surface area contributed by atoms with Crippen LogP contribution in [-0.2, 0) is 4.79 Å². The number of benzene rings is 2. The van der Waals surface area contributed by atoms with Gasteiger partial charge in [-0.05, 0) is 67.7 Å². The van der Waals surface area contributed by atoms with Gasteiger partial charge in [0.05, 0.1) is 0 Å². The minimum atomic E-state index is 0.00341. The number of carbonyl (C=O) groups excluding carboxylic acids is 2. The topological polar surface area (TPSA) is 58.2 Å². The third-order valence-electron chi connectivity index (χ3n) is 5.91. The largest absolute Gasteiger partial charge is 0.351 e. The van der Waals surface area contributed by atoms with E-state index < -0.39 is 0 Å². The van der Waals surface area contributed by atoms with Crippen LogP contribution in [0.4, 0.5) is 5.69 Å². The lowest BCUT2D eigenvalue weighted by atomic mass is 9.71. The molecule has 0 spiro atoms. The molecule has 0 heterocycles. The Morgan fingerprint density at radius 3 is 2.32 bits per heavy atom. The summed E-state index contributed by atoms with van der Waals surface area (Å²) in [4.78, 5) is 24.7. The summed E-state index contributed by atoms with van der Waals surface area (Å²) in [6.45, 7) is 4.89. The number of rotatable bonds is 6. The number of para-hydroxylation sites is 1. The van der Waals surface area contributed by atoms with E-state index in [2.05, 4.69) is 17.6 Å². The van der Waals surface area contributed by atoms with Crippen LogP contribution in [0.3, 0.4) is 0 Å². The molecule has 0 aromatic heterocycles. The second-order valence-corrected chi connectivity index (χ2v) is 8.37. The van der Waals surface area contributed by atoms with E-state index in [1.807, 2.05) is 61.5 Å². The predicted octanol–water partition coefficient (Wildman–Crippen LogP) is 4.95. The van der Waals surface area contributed by atoms with Crippen LogP contribution in [0.25, 0.3) is 0 Å². The molecule has 2 aromatic carbocycles. The third-order valence-corrected chi connectivity index (χ3v) is 5.91.